The zero-order valence-electron chi connectivity index (χ0n) is 12.1. The van der Waals surface area contributed by atoms with Gasteiger partial charge < -0.3 is 14.2 Å². The van der Waals surface area contributed by atoms with Crippen molar-refractivity contribution in [1.29, 1.82) is 0 Å². The van der Waals surface area contributed by atoms with Gasteiger partial charge in [0.2, 0.25) is 0 Å². The highest BCUT2D eigenvalue weighted by Gasteiger charge is 2.23. The van der Waals surface area contributed by atoms with Crippen molar-refractivity contribution in [3.05, 3.63) is 30.1 Å². The van der Waals surface area contributed by atoms with Gasteiger partial charge in [0.15, 0.2) is 5.82 Å². The van der Waals surface area contributed by atoms with Gasteiger partial charge in [0.05, 0.1) is 5.69 Å². The molecule has 0 bridgehead atoms. The molecule has 108 valence electrons. The monoisotopic (exact) mass is 336 g/mol. The maximum atomic E-state index is 4.79. The summed E-state index contributed by atoms with van der Waals surface area (Å²) in [5, 5.41) is 0.822. The number of imidazole rings is 1. The molecular formula is C15H21BrN4. The van der Waals surface area contributed by atoms with Crippen LogP contribution < -0.4 is 4.90 Å². The molecule has 1 aliphatic rings. The fourth-order valence-electron chi connectivity index (χ4n) is 3.11. The Kier molecular flexibility index (Phi) is 3.98. The number of halogens is 1. The molecule has 0 amide bonds. The van der Waals surface area contributed by atoms with Gasteiger partial charge in [-0.25, -0.2) is 4.98 Å². The summed E-state index contributed by atoms with van der Waals surface area (Å²) < 4.78 is 2.17. The van der Waals surface area contributed by atoms with E-state index in [9.17, 15) is 0 Å². The number of anilines is 1. The molecule has 4 nitrogen and oxygen atoms in total. The van der Waals surface area contributed by atoms with Crippen LogP contribution in [0.1, 0.15) is 12.1 Å². The first kappa shape index (κ1) is 13.9. The third-order valence-electron chi connectivity index (χ3n) is 4.12. The van der Waals surface area contributed by atoms with E-state index in [2.05, 4.69) is 62.6 Å². The Morgan fingerprint density at radius 2 is 2.30 bits per heavy atom. The van der Waals surface area contributed by atoms with E-state index in [0.717, 1.165) is 29.3 Å². The lowest BCUT2D eigenvalue weighted by Gasteiger charge is -2.22. The normalized spacial score (nSPS) is 19.9. The second kappa shape index (κ2) is 5.74. The number of pyridine rings is 1. The summed E-state index contributed by atoms with van der Waals surface area (Å²) in [5.74, 6) is 1.85. The number of likely N-dealkylation sites (tertiary alicyclic amines) is 1. The zero-order valence-corrected chi connectivity index (χ0v) is 13.7. The molecular weight excluding hydrogens is 316 g/mol. The first-order valence-electron chi connectivity index (χ1n) is 7.10. The van der Waals surface area contributed by atoms with Crippen molar-refractivity contribution < 1.29 is 0 Å². The van der Waals surface area contributed by atoms with E-state index >= 15 is 0 Å². The van der Waals surface area contributed by atoms with Crippen molar-refractivity contribution in [1.82, 2.24) is 14.3 Å². The van der Waals surface area contributed by atoms with Crippen LogP contribution in [0.5, 0.6) is 0 Å². The summed E-state index contributed by atoms with van der Waals surface area (Å²) in [6, 6.07) is 6.15. The van der Waals surface area contributed by atoms with Crippen molar-refractivity contribution >= 4 is 27.4 Å². The highest BCUT2D eigenvalue weighted by atomic mass is 79.9. The topological polar surface area (TPSA) is 23.8 Å². The van der Waals surface area contributed by atoms with Crippen LogP contribution in [0.25, 0.3) is 5.65 Å². The molecule has 1 unspecified atom stereocenters. The predicted octanol–water partition coefficient (Wildman–Crippen LogP) is 2.62. The number of rotatable bonds is 4. The quantitative estimate of drug-likeness (QED) is 0.802. The van der Waals surface area contributed by atoms with E-state index < -0.39 is 0 Å². The maximum Gasteiger partial charge on any atom is 0.151 e. The minimum Gasteiger partial charge on any atom is -0.358 e. The Balaban J connectivity index is 1.85. The molecule has 3 rings (SSSR count). The first-order chi connectivity index (χ1) is 9.69. The second-order valence-corrected chi connectivity index (χ2v) is 6.30. The smallest absolute Gasteiger partial charge is 0.151 e. The van der Waals surface area contributed by atoms with Gasteiger partial charge in [-0.05, 0) is 38.1 Å². The summed E-state index contributed by atoms with van der Waals surface area (Å²) in [5.41, 5.74) is 2.25. The molecule has 5 heteroatoms. The molecule has 0 spiro atoms. The van der Waals surface area contributed by atoms with Gasteiger partial charge >= 0.3 is 0 Å². The van der Waals surface area contributed by atoms with Gasteiger partial charge in [0.1, 0.15) is 5.65 Å². The zero-order chi connectivity index (χ0) is 14.1. The molecule has 1 saturated heterocycles. The van der Waals surface area contributed by atoms with E-state index in [1.54, 1.807) is 0 Å². The lowest BCUT2D eigenvalue weighted by atomic mass is 10.1. The molecule has 1 aliphatic heterocycles. The average Bonchev–Trinajstić information content (AvgIpc) is 3.01. The fourth-order valence-corrected chi connectivity index (χ4v) is 3.63. The van der Waals surface area contributed by atoms with Crippen LogP contribution in [0.2, 0.25) is 0 Å². The van der Waals surface area contributed by atoms with E-state index in [-0.39, 0.29) is 0 Å². The van der Waals surface area contributed by atoms with Gasteiger partial charge in [-0.3, -0.25) is 0 Å². The van der Waals surface area contributed by atoms with Crippen LogP contribution in [0.3, 0.4) is 0 Å². The Bertz CT molecular complexity index is 595. The maximum absolute atomic E-state index is 4.79. The first-order valence-corrected chi connectivity index (χ1v) is 8.23. The molecule has 0 saturated carbocycles. The summed E-state index contributed by atoms with van der Waals surface area (Å²) in [7, 11) is 4.36. The van der Waals surface area contributed by atoms with Gasteiger partial charge in [-0.1, -0.05) is 22.0 Å². The molecule has 3 heterocycles. The van der Waals surface area contributed by atoms with Crippen LogP contribution in [-0.2, 0) is 5.33 Å². The lowest BCUT2D eigenvalue weighted by Crippen LogP contribution is -2.28. The Morgan fingerprint density at radius 1 is 1.45 bits per heavy atom. The van der Waals surface area contributed by atoms with Gasteiger partial charge in [0, 0.05) is 31.7 Å². The van der Waals surface area contributed by atoms with Crippen molar-refractivity contribution in [3.63, 3.8) is 0 Å². The minimum absolute atomic E-state index is 0.748. The Hall–Kier alpha value is -1.07. The van der Waals surface area contributed by atoms with E-state index in [0.29, 0.717) is 0 Å². The van der Waals surface area contributed by atoms with Crippen LogP contribution in [0.15, 0.2) is 24.4 Å². The highest BCUT2D eigenvalue weighted by molar-refractivity contribution is 9.08. The Morgan fingerprint density at radius 3 is 3.00 bits per heavy atom. The van der Waals surface area contributed by atoms with Crippen molar-refractivity contribution in [2.75, 3.05) is 38.6 Å². The summed E-state index contributed by atoms with van der Waals surface area (Å²) in [6.45, 7) is 3.49. The van der Waals surface area contributed by atoms with Gasteiger partial charge in [-0.15, -0.1) is 0 Å². The average molecular weight is 337 g/mol. The fraction of sp³-hybridized carbons (Fsp3) is 0.533. The van der Waals surface area contributed by atoms with Crippen molar-refractivity contribution in [2.24, 2.45) is 5.92 Å². The molecule has 0 aromatic carbocycles. The highest BCUT2D eigenvalue weighted by Crippen LogP contribution is 2.25. The largest absolute Gasteiger partial charge is 0.358 e. The molecule has 0 aliphatic carbocycles. The molecule has 2 aromatic rings. The number of nitrogens with zero attached hydrogens (tertiary/aromatic N) is 4. The van der Waals surface area contributed by atoms with Crippen molar-refractivity contribution in [3.8, 4) is 0 Å². The van der Waals surface area contributed by atoms with E-state index in [4.69, 9.17) is 4.98 Å². The minimum atomic E-state index is 0.748. The number of alkyl halides is 1. The van der Waals surface area contributed by atoms with Crippen LogP contribution in [-0.4, -0.2) is 48.0 Å². The standard InChI is InChI=1S/C15H21BrN4/c1-18-8-6-12(10-18)11-19(2)15-13(9-16)20-7-4-3-5-14(20)17-15/h3-5,7,12H,6,8-11H2,1-2H3. The van der Waals surface area contributed by atoms with Crippen molar-refractivity contribution in [2.45, 2.75) is 11.8 Å². The number of fused-ring (bicyclic) bond motifs is 1. The molecule has 2 aromatic heterocycles. The Labute approximate surface area is 128 Å². The SMILES string of the molecule is CN1CCC(CN(C)c2nc3ccccn3c2CBr)C1. The van der Waals surface area contributed by atoms with Crippen LogP contribution in [0, 0.1) is 5.92 Å². The molecule has 1 fully saturated rings. The van der Waals surface area contributed by atoms with E-state index in [1.807, 2.05) is 6.07 Å². The number of aromatic nitrogens is 2. The third-order valence-corrected chi connectivity index (χ3v) is 4.65. The summed E-state index contributed by atoms with van der Waals surface area (Å²) in [6.07, 6.45) is 3.37. The van der Waals surface area contributed by atoms with Gasteiger partial charge in [0.25, 0.3) is 0 Å². The summed E-state index contributed by atoms with van der Waals surface area (Å²) in [4.78, 5) is 9.51. The molecule has 20 heavy (non-hydrogen) atoms. The van der Waals surface area contributed by atoms with Gasteiger partial charge in [-0.2, -0.15) is 0 Å². The number of hydrogen-bond acceptors (Lipinski definition) is 3. The number of hydrogen-bond donors (Lipinski definition) is 0. The lowest BCUT2D eigenvalue weighted by molar-refractivity contribution is 0.395. The molecule has 1 atom stereocenters. The summed E-state index contributed by atoms with van der Waals surface area (Å²) >= 11 is 3.60. The van der Waals surface area contributed by atoms with E-state index in [1.165, 1.54) is 25.2 Å². The van der Waals surface area contributed by atoms with Crippen LogP contribution in [0.4, 0.5) is 5.82 Å². The molecule has 0 N–H and O–H groups in total. The third kappa shape index (κ3) is 2.56. The molecule has 0 radical (unpaired) electrons. The second-order valence-electron chi connectivity index (χ2n) is 5.74. The van der Waals surface area contributed by atoms with Crippen LogP contribution >= 0.6 is 15.9 Å². The predicted molar refractivity (Wildman–Crippen MR) is 86.7 cm³/mol.